The molecule has 0 saturated heterocycles. The molecular formula is C14H16BrClN4. The third-order valence-corrected chi connectivity index (χ3v) is 4.69. The summed E-state index contributed by atoms with van der Waals surface area (Å²) >= 11 is 9.68. The molecule has 0 amide bonds. The summed E-state index contributed by atoms with van der Waals surface area (Å²) in [5.41, 5.74) is 7.60. The van der Waals surface area contributed by atoms with E-state index in [1.54, 1.807) is 0 Å². The van der Waals surface area contributed by atoms with Crippen molar-refractivity contribution in [2.24, 2.45) is 0 Å². The number of nitrogens with zero attached hydrogens (tertiary/aromatic N) is 2. The summed E-state index contributed by atoms with van der Waals surface area (Å²) < 4.78 is 2.44. The summed E-state index contributed by atoms with van der Waals surface area (Å²) in [6, 6.07) is 5.66. The van der Waals surface area contributed by atoms with Crippen LogP contribution in [0.5, 0.6) is 0 Å². The Bertz CT molecular complexity index is 647. The predicted molar refractivity (Wildman–Crippen MR) is 86.1 cm³/mol. The molecule has 1 saturated carbocycles. The van der Waals surface area contributed by atoms with Crippen molar-refractivity contribution in [1.82, 2.24) is 9.66 Å². The number of imidazole rings is 1. The zero-order valence-electron chi connectivity index (χ0n) is 10.9. The van der Waals surface area contributed by atoms with Crippen molar-refractivity contribution in [3.05, 3.63) is 33.5 Å². The lowest BCUT2D eigenvalue weighted by molar-refractivity contribution is 0.648. The summed E-state index contributed by atoms with van der Waals surface area (Å²) in [5.74, 6) is 7.82. The Morgan fingerprint density at radius 2 is 2.00 bits per heavy atom. The Balaban J connectivity index is 2.07. The Hall–Kier alpha value is -1.20. The standard InChI is InChI=1S/C14H16BrClN4/c15-9-5-6-10(11(16)7-9)12-13(17)20(18)14(19-12)8-3-1-2-4-8/h5-8H,1-4,17-18H2. The molecule has 1 aliphatic rings. The van der Waals surface area contributed by atoms with Gasteiger partial charge in [-0.1, -0.05) is 46.4 Å². The largest absolute Gasteiger partial charge is 0.382 e. The number of rotatable bonds is 2. The van der Waals surface area contributed by atoms with Gasteiger partial charge in [0.25, 0.3) is 0 Å². The second kappa shape index (κ2) is 5.30. The lowest BCUT2D eigenvalue weighted by Crippen LogP contribution is -2.17. The van der Waals surface area contributed by atoms with Crippen LogP contribution in [-0.2, 0) is 0 Å². The van der Waals surface area contributed by atoms with Crippen molar-refractivity contribution in [3.8, 4) is 11.3 Å². The molecule has 4 N–H and O–H groups in total. The third-order valence-electron chi connectivity index (χ3n) is 3.88. The first kappa shape index (κ1) is 13.8. The SMILES string of the molecule is Nc1c(-c2ccc(Br)cc2Cl)nc(C2CCCC2)n1N. The predicted octanol–water partition coefficient (Wildman–Crippen LogP) is 3.92. The fourth-order valence-corrected chi connectivity index (χ4v) is 3.58. The van der Waals surface area contributed by atoms with Gasteiger partial charge in [-0.25, -0.2) is 9.66 Å². The molecule has 106 valence electrons. The number of hydrogen-bond donors (Lipinski definition) is 2. The third kappa shape index (κ3) is 2.29. The van der Waals surface area contributed by atoms with Gasteiger partial charge >= 0.3 is 0 Å². The molecule has 0 spiro atoms. The highest BCUT2D eigenvalue weighted by atomic mass is 79.9. The first-order chi connectivity index (χ1) is 9.58. The van der Waals surface area contributed by atoms with E-state index in [9.17, 15) is 0 Å². The van der Waals surface area contributed by atoms with Gasteiger partial charge in [0, 0.05) is 16.0 Å². The molecule has 1 aromatic carbocycles. The molecule has 3 rings (SSSR count). The molecule has 1 aromatic heterocycles. The molecule has 1 fully saturated rings. The second-order valence-corrected chi connectivity index (χ2v) is 6.50. The Morgan fingerprint density at radius 3 is 2.65 bits per heavy atom. The van der Waals surface area contributed by atoms with Crippen LogP contribution in [0, 0.1) is 0 Å². The molecule has 1 heterocycles. The average molecular weight is 356 g/mol. The zero-order chi connectivity index (χ0) is 14.3. The van der Waals surface area contributed by atoms with Crippen molar-refractivity contribution in [3.63, 3.8) is 0 Å². The summed E-state index contributed by atoms with van der Waals surface area (Å²) in [6.07, 6.45) is 4.71. The van der Waals surface area contributed by atoms with Gasteiger partial charge in [0.15, 0.2) is 5.82 Å². The van der Waals surface area contributed by atoms with Crippen molar-refractivity contribution < 1.29 is 0 Å². The maximum atomic E-state index is 6.28. The maximum absolute atomic E-state index is 6.28. The van der Waals surface area contributed by atoms with E-state index in [4.69, 9.17) is 23.2 Å². The quantitative estimate of drug-likeness (QED) is 0.802. The lowest BCUT2D eigenvalue weighted by Gasteiger charge is -2.08. The maximum Gasteiger partial charge on any atom is 0.150 e. The van der Waals surface area contributed by atoms with Gasteiger partial charge in [-0.05, 0) is 25.0 Å². The molecule has 0 atom stereocenters. The molecule has 1 aliphatic carbocycles. The van der Waals surface area contributed by atoms with Crippen LogP contribution in [0.4, 0.5) is 5.82 Å². The van der Waals surface area contributed by atoms with Crippen molar-refractivity contribution in [2.75, 3.05) is 11.6 Å². The molecule has 0 radical (unpaired) electrons. The molecule has 2 aromatic rings. The average Bonchev–Trinajstić information content (AvgIpc) is 3.01. The van der Waals surface area contributed by atoms with Crippen LogP contribution in [0.3, 0.4) is 0 Å². The molecule has 0 unspecified atom stereocenters. The van der Waals surface area contributed by atoms with E-state index in [0.717, 1.165) is 28.7 Å². The van der Waals surface area contributed by atoms with Crippen LogP contribution in [0.2, 0.25) is 5.02 Å². The second-order valence-electron chi connectivity index (χ2n) is 5.18. The molecule has 20 heavy (non-hydrogen) atoms. The Morgan fingerprint density at radius 1 is 1.30 bits per heavy atom. The minimum atomic E-state index is 0.408. The van der Waals surface area contributed by atoms with E-state index in [1.807, 2.05) is 18.2 Å². The first-order valence-electron chi connectivity index (χ1n) is 6.66. The lowest BCUT2D eigenvalue weighted by atomic mass is 10.1. The highest BCUT2D eigenvalue weighted by Crippen LogP contribution is 2.38. The molecule has 6 heteroatoms. The number of hydrogen-bond acceptors (Lipinski definition) is 3. The molecule has 4 nitrogen and oxygen atoms in total. The number of halogens is 2. The highest BCUT2D eigenvalue weighted by molar-refractivity contribution is 9.10. The van der Waals surface area contributed by atoms with Crippen LogP contribution in [0.25, 0.3) is 11.3 Å². The van der Waals surface area contributed by atoms with Gasteiger partial charge in [-0.3, -0.25) is 0 Å². The first-order valence-corrected chi connectivity index (χ1v) is 7.83. The van der Waals surface area contributed by atoms with Crippen LogP contribution in [0.1, 0.15) is 37.4 Å². The van der Waals surface area contributed by atoms with Gasteiger partial charge in [0.1, 0.15) is 11.5 Å². The van der Waals surface area contributed by atoms with E-state index < -0.39 is 0 Å². The fourth-order valence-electron chi connectivity index (χ4n) is 2.81. The highest BCUT2D eigenvalue weighted by Gasteiger charge is 2.25. The molecule has 0 bridgehead atoms. The van der Waals surface area contributed by atoms with Crippen LogP contribution < -0.4 is 11.6 Å². The Kier molecular flexibility index (Phi) is 3.65. The van der Waals surface area contributed by atoms with Crippen LogP contribution in [-0.4, -0.2) is 9.66 Å². The van der Waals surface area contributed by atoms with E-state index >= 15 is 0 Å². The van der Waals surface area contributed by atoms with Crippen LogP contribution >= 0.6 is 27.5 Å². The number of anilines is 1. The summed E-state index contributed by atoms with van der Waals surface area (Å²) in [7, 11) is 0. The number of benzene rings is 1. The number of aromatic nitrogens is 2. The summed E-state index contributed by atoms with van der Waals surface area (Å²) in [6.45, 7) is 0. The van der Waals surface area contributed by atoms with Crippen molar-refractivity contribution in [2.45, 2.75) is 31.6 Å². The van der Waals surface area contributed by atoms with E-state index in [0.29, 0.717) is 22.5 Å². The van der Waals surface area contributed by atoms with Gasteiger partial charge in [0.2, 0.25) is 0 Å². The monoisotopic (exact) mass is 354 g/mol. The van der Waals surface area contributed by atoms with E-state index in [-0.39, 0.29) is 0 Å². The van der Waals surface area contributed by atoms with Crippen molar-refractivity contribution >= 4 is 33.3 Å². The molecular weight excluding hydrogens is 340 g/mol. The van der Waals surface area contributed by atoms with Gasteiger partial charge in [0.05, 0.1) is 5.02 Å². The van der Waals surface area contributed by atoms with Gasteiger partial charge in [-0.2, -0.15) is 0 Å². The molecule has 0 aliphatic heterocycles. The minimum absolute atomic E-state index is 0.408. The number of nitrogens with two attached hydrogens (primary N) is 2. The van der Waals surface area contributed by atoms with E-state index in [1.165, 1.54) is 17.5 Å². The Labute approximate surface area is 131 Å². The topological polar surface area (TPSA) is 69.9 Å². The van der Waals surface area contributed by atoms with Gasteiger partial charge in [-0.15, -0.1) is 0 Å². The zero-order valence-corrected chi connectivity index (χ0v) is 13.3. The normalized spacial score (nSPS) is 15.9. The fraction of sp³-hybridized carbons (Fsp3) is 0.357. The number of nitrogen functional groups attached to an aromatic ring is 2. The van der Waals surface area contributed by atoms with Gasteiger partial charge < -0.3 is 11.6 Å². The van der Waals surface area contributed by atoms with Crippen LogP contribution in [0.15, 0.2) is 22.7 Å². The smallest absolute Gasteiger partial charge is 0.150 e. The van der Waals surface area contributed by atoms with Crippen molar-refractivity contribution in [1.29, 1.82) is 0 Å². The minimum Gasteiger partial charge on any atom is -0.382 e. The summed E-state index contributed by atoms with van der Waals surface area (Å²) in [5, 5.41) is 0.613. The summed E-state index contributed by atoms with van der Waals surface area (Å²) in [4.78, 5) is 4.67. The van der Waals surface area contributed by atoms with E-state index in [2.05, 4.69) is 20.9 Å².